The standard InChI is InChI=1S/C21H20F3N7O2/c1-2-30-11-15(32)12-31(20(33)29-18-10-25-5-6-27-18)19-17(30)4-3-16(28-19)13-7-14(9-26-8-13)21(22,23)24/h3-10,15,32H,2,11-12H2,1H3,(H,27,29,33)/t15-/m1/s1. The molecule has 1 aliphatic heterocycles. The lowest BCUT2D eigenvalue weighted by Crippen LogP contribution is -2.41. The molecule has 172 valence electrons. The van der Waals surface area contributed by atoms with Crippen LogP contribution >= 0.6 is 0 Å². The Labute approximate surface area is 186 Å². The summed E-state index contributed by atoms with van der Waals surface area (Å²) < 4.78 is 39.5. The molecule has 0 aliphatic carbocycles. The van der Waals surface area contributed by atoms with E-state index in [2.05, 4.69) is 25.3 Å². The normalized spacial score (nSPS) is 16.2. The minimum absolute atomic E-state index is 0.0765. The van der Waals surface area contributed by atoms with Crippen LogP contribution in [0.3, 0.4) is 0 Å². The van der Waals surface area contributed by atoms with Gasteiger partial charge in [0.1, 0.15) is 0 Å². The number of nitrogens with zero attached hydrogens (tertiary/aromatic N) is 6. The topological polar surface area (TPSA) is 107 Å². The average molecular weight is 459 g/mol. The number of anilines is 3. The van der Waals surface area contributed by atoms with Gasteiger partial charge in [-0.3, -0.25) is 20.2 Å². The van der Waals surface area contributed by atoms with Crippen LogP contribution in [0.1, 0.15) is 12.5 Å². The van der Waals surface area contributed by atoms with Crippen LogP contribution in [0.15, 0.2) is 49.2 Å². The molecule has 0 saturated carbocycles. The third-order valence-electron chi connectivity index (χ3n) is 5.06. The van der Waals surface area contributed by atoms with E-state index in [-0.39, 0.29) is 36.0 Å². The molecular weight excluding hydrogens is 439 g/mol. The van der Waals surface area contributed by atoms with Crippen molar-refractivity contribution in [1.82, 2.24) is 19.9 Å². The lowest BCUT2D eigenvalue weighted by Gasteiger charge is -2.25. The molecule has 3 aromatic heterocycles. The summed E-state index contributed by atoms with van der Waals surface area (Å²) in [6.45, 7) is 2.59. The van der Waals surface area contributed by atoms with E-state index in [4.69, 9.17) is 0 Å². The number of aliphatic hydroxyl groups is 1. The zero-order valence-corrected chi connectivity index (χ0v) is 17.5. The first-order chi connectivity index (χ1) is 15.8. The highest BCUT2D eigenvalue weighted by Crippen LogP contribution is 2.35. The molecule has 12 heteroatoms. The fourth-order valence-electron chi connectivity index (χ4n) is 3.51. The second kappa shape index (κ2) is 8.98. The van der Waals surface area contributed by atoms with Gasteiger partial charge in [0.15, 0.2) is 11.6 Å². The Morgan fingerprint density at radius 1 is 1.18 bits per heavy atom. The minimum atomic E-state index is -4.56. The smallest absolute Gasteiger partial charge is 0.389 e. The van der Waals surface area contributed by atoms with E-state index in [9.17, 15) is 23.1 Å². The van der Waals surface area contributed by atoms with Crippen molar-refractivity contribution in [3.8, 4) is 11.3 Å². The van der Waals surface area contributed by atoms with E-state index < -0.39 is 23.9 Å². The van der Waals surface area contributed by atoms with Crippen molar-refractivity contribution in [1.29, 1.82) is 0 Å². The van der Waals surface area contributed by atoms with Crippen LogP contribution in [0.2, 0.25) is 0 Å². The van der Waals surface area contributed by atoms with Gasteiger partial charge in [0.25, 0.3) is 0 Å². The maximum absolute atomic E-state index is 13.2. The number of rotatable bonds is 3. The summed E-state index contributed by atoms with van der Waals surface area (Å²) in [5.41, 5.74) is 0.0125. The molecule has 0 spiro atoms. The SMILES string of the molecule is CCN1C[C@@H](O)CN(C(=O)Nc2cnccn2)c2nc(-c3cncc(C(F)(F)F)c3)ccc21. The molecule has 9 nitrogen and oxygen atoms in total. The molecule has 3 aromatic rings. The summed E-state index contributed by atoms with van der Waals surface area (Å²) in [7, 11) is 0. The van der Waals surface area contributed by atoms with Gasteiger partial charge in [0.2, 0.25) is 0 Å². The van der Waals surface area contributed by atoms with Crippen LogP contribution in [0, 0.1) is 0 Å². The van der Waals surface area contributed by atoms with Crippen molar-refractivity contribution in [2.45, 2.75) is 19.2 Å². The number of fused-ring (bicyclic) bond motifs is 1. The summed E-state index contributed by atoms with van der Waals surface area (Å²) in [5.74, 6) is 0.401. The Balaban J connectivity index is 1.77. The Bertz CT molecular complexity index is 1140. The molecule has 4 heterocycles. The lowest BCUT2D eigenvalue weighted by molar-refractivity contribution is -0.137. The number of aromatic nitrogens is 4. The van der Waals surface area contributed by atoms with Gasteiger partial charge in [-0.1, -0.05) is 0 Å². The van der Waals surface area contributed by atoms with Crippen LogP contribution in [-0.2, 0) is 6.18 Å². The second-order valence-electron chi connectivity index (χ2n) is 7.32. The van der Waals surface area contributed by atoms with Crippen molar-refractivity contribution < 1.29 is 23.1 Å². The maximum Gasteiger partial charge on any atom is 0.417 e. The first kappa shape index (κ1) is 22.4. The summed E-state index contributed by atoms with van der Waals surface area (Å²) in [5, 5.41) is 13.1. The number of halogens is 3. The minimum Gasteiger partial charge on any atom is -0.389 e. The van der Waals surface area contributed by atoms with Gasteiger partial charge in [-0.25, -0.2) is 14.8 Å². The van der Waals surface area contributed by atoms with Crippen LogP contribution in [0.25, 0.3) is 11.3 Å². The number of carbonyl (C=O) groups is 1. The summed E-state index contributed by atoms with van der Waals surface area (Å²) >= 11 is 0. The van der Waals surface area contributed by atoms with Crippen LogP contribution in [-0.4, -0.2) is 56.8 Å². The first-order valence-electron chi connectivity index (χ1n) is 10.1. The summed E-state index contributed by atoms with van der Waals surface area (Å²) in [4.78, 5) is 32.3. The number of carbonyl (C=O) groups excluding carboxylic acids is 1. The van der Waals surface area contributed by atoms with E-state index in [0.29, 0.717) is 12.2 Å². The molecule has 0 fully saturated rings. The third kappa shape index (κ3) is 4.85. The number of hydrogen-bond donors (Lipinski definition) is 2. The summed E-state index contributed by atoms with van der Waals surface area (Å²) in [6, 6.07) is 3.58. The molecule has 2 amide bonds. The maximum atomic E-state index is 13.2. The number of urea groups is 1. The lowest BCUT2D eigenvalue weighted by atomic mass is 10.1. The van der Waals surface area contributed by atoms with Crippen LogP contribution in [0.4, 0.5) is 35.3 Å². The van der Waals surface area contributed by atoms with Gasteiger partial charge in [-0.2, -0.15) is 13.2 Å². The quantitative estimate of drug-likeness (QED) is 0.619. The van der Waals surface area contributed by atoms with Crippen LogP contribution in [0.5, 0.6) is 0 Å². The first-order valence-corrected chi connectivity index (χ1v) is 10.1. The van der Waals surface area contributed by atoms with Gasteiger partial charge < -0.3 is 10.0 Å². The molecule has 0 unspecified atom stereocenters. The molecule has 1 aliphatic rings. The molecule has 2 N–H and O–H groups in total. The van der Waals surface area contributed by atoms with E-state index in [1.807, 2.05) is 11.8 Å². The monoisotopic (exact) mass is 459 g/mol. The van der Waals surface area contributed by atoms with Gasteiger partial charge in [0, 0.05) is 43.4 Å². The predicted octanol–water partition coefficient (Wildman–Crippen LogP) is 3.19. The van der Waals surface area contributed by atoms with Crippen molar-refractivity contribution >= 4 is 23.4 Å². The number of hydrogen-bond acceptors (Lipinski definition) is 7. The zero-order chi connectivity index (χ0) is 23.6. The number of alkyl halides is 3. The largest absolute Gasteiger partial charge is 0.417 e. The highest BCUT2D eigenvalue weighted by Gasteiger charge is 2.33. The molecule has 4 rings (SSSR count). The fourth-order valence-corrected chi connectivity index (χ4v) is 3.51. The van der Waals surface area contributed by atoms with Crippen LogP contribution < -0.4 is 15.1 Å². The average Bonchev–Trinajstić information content (AvgIpc) is 2.95. The van der Waals surface area contributed by atoms with Gasteiger partial charge >= 0.3 is 12.2 Å². The Hall–Kier alpha value is -3.80. The molecule has 1 atom stereocenters. The number of β-amino-alcohol motifs (C(OH)–C–C–N with tert-alkyl or cyclic N) is 1. The summed E-state index contributed by atoms with van der Waals surface area (Å²) in [6.07, 6.45) is 0.808. The number of amides is 2. The highest BCUT2D eigenvalue weighted by atomic mass is 19.4. The van der Waals surface area contributed by atoms with Gasteiger partial charge in [-0.15, -0.1) is 0 Å². The molecule has 0 bridgehead atoms. The fraction of sp³-hybridized carbons (Fsp3) is 0.286. The van der Waals surface area contributed by atoms with E-state index in [1.54, 1.807) is 12.1 Å². The Morgan fingerprint density at radius 2 is 2.00 bits per heavy atom. The van der Waals surface area contributed by atoms with E-state index in [0.717, 1.165) is 12.3 Å². The van der Waals surface area contributed by atoms with Crippen molar-refractivity contribution in [2.75, 3.05) is 34.8 Å². The number of nitrogens with one attached hydrogen (secondary N) is 1. The Morgan fingerprint density at radius 3 is 2.70 bits per heavy atom. The number of likely N-dealkylation sites (N-methyl/N-ethyl adjacent to an activating group) is 1. The second-order valence-corrected chi connectivity index (χ2v) is 7.32. The predicted molar refractivity (Wildman–Crippen MR) is 115 cm³/mol. The highest BCUT2D eigenvalue weighted by molar-refractivity contribution is 6.03. The number of aliphatic hydroxyl groups excluding tert-OH is 1. The Kier molecular flexibility index (Phi) is 6.09. The van der Waals surface area contributed by atoms with Crippen molar-refractivity contribution in [3.05, 3.63) is 54.7 Å². The molecule has 0 radical (unpaired) electrons. The van der Waals surface area contributed by atoms with Crippen molar-refractivity contribution in [2.24, 2.45) is 0 Å². The third-order valence-corrected chi connectivity index (χ3v) is 5.06. The van der Waals surface area contributed by atoms with E-state index >= 15 is 0 Å². The van der Waals surface area contributed by atoms with Gasteiger partial charge in [0.05, 0.1) is 35.8 Å². The molecule has 33 heavy (non-hydrogen) atoms. The van der Waals surface area contributed by atoms with Gasteiger partial charge in [-0.05, 0) is 25.1 Å². The molecular formula is C21H20F3N7O2. The van der Waals surface area contributed by atoms with E-state index in [1.165, 1.54) is 29.7 Å². The number of pyridine rings is 2. The zero-order valence-electron chi connectivity index (χ0n) is 17.5. The molecule has 0 aromatic carbocycles. The van der Waals surface area contributed by atoms with Crippen molar-refractivity contribution in [3.63, 3.8) is 0 Å². The molecule has 0 saturated heterocycles.